The molecule has 1 aliphatic heterocycles. The Morgan fingerprint density at radius 3 is 2.62 bits per heavy atom. The van der Waals surface area contributed by atoms with Gasteiger partial charge in [-0.1, -0.05) is 6.07 Å². The molecule has 0 atom stereocenters. The first-order chi connectivity index (χ1) is 12.2. The molecule has 0 aliphatic carbocycles. The summed E-state index contributed by atoms with van der Waals surface area (Å²) in [5.41, 5.74) is 2.12. The lowest BCUT2D eigenvalue weighted by Crippen LogP contribution is -2.36. The molecule has 0 spiro atoms. The molecule has 3 rings (SSSR count). The lowest BCUT2D eigenvalue weighted by Gasteiger charge is -2.29. The average molecular weight is 378 g/mol. The molecule has 1 aliphatic rings. The monoisotopic (exact) mass is 378 g/mol. The molecule has 1 aromatic heterocycles. The minimum absolute atomic E-state index is 0.167. The first kappa shape index (κ1) is 18.2. The van der Waals surface area contributed by atoms with Crippen LogP contribution in [0.4, 0.5) is 0 Å². The number of hydrogen-bond donors (Lipinski definition) is 2. The molecule has 9 heteroatoms. The topological polar surface area (TPSA) is 117 Å². The molecule has 138 valence electrons. The van der Waals surface area contributed by atoms with Crippen molar-refractivity contribution < 1.29 is 27.5 Å². The average Bonchev–Trinajstić information content (AvgIpc) is 3.02. The SMILES string of the molecule is CNS(=O)(=O)c1cc(C(=O)N2CCc3ccc(C(=O)O)cc3C2)c(C)o1. The van der Waals surface area contributed by atoms with Crippen LogP contribution in [0, 0.1) is 6.92 Å². The number of fused-ring (bicyclic) bond motifs is 1. The largest absolute Gasteiger partial charge is 0.478 e. The molecule has 2 N–H and O–H groups in total. The second-order valence-corrected chi connectivity index (χ2v) is 7.83. The summed E-state index contributed by atoms with van der Waals surface area (Å²) in [5.74, 6) is -1.16. The Labute approximate surface area is 150 Å². The molecule has 26 heavy (non-hydrogen) atoms. The maximum Gasteiger partial charge on any atom is 0.335 e. The van der Waals surface area contributed by atoms with Gasteiger partial charge in [0.2, 0.25) is 5.09 Å². The minimum atomic E-state index is -3.78. The molecule has 1 amide bonds. The Kier molecular flexibility index (Phi) is 4.59. The van der Waals surface area contributed by atoms with E-state index in [0.29, 0.717) is 13.0 Å². The summed E-state index contributed by atoms with van der Waals surface area (Å²) in [7, 11) is -2.52. The molecule has 1 aromatic carbocycles. The molecule has 0 fully saturated rings. The van der Waals surface area contributed by atoms with E-state index in [9.17, 15) is 18.0 Å². The van der Waals surface area contributed by atoms with Crippen molar-refractivity contribution in [2.45, 2.75) is 25.0 Å². The van der Waals surface area contributed by atoms with E-state index in [1.165, 1.54) is 20.0 Å². The van der Waals surface area contributed by atoms with Crippen molar-refractivity contribution in [1.29, 1.82) is 0 Å². The van der Waals surface area contributed by atoms with Crippen molar-refractivity contribution >= 4 is 21.9 Å². The number of nitrogens with one attached hydrogen (secondary N) is 1. The molecule has 0 radical (unpaired) electrons. The van der Waals surface area contributed by atoms with Gasteiger partial charge in [-0.25, -0.2) is 17.9 Å². The first-order valence-corrected chi connectivity index (χ1v) is 9.39. The fraction of sp³-hybridized carbons (Fsp3) is 0.294. The quantitative estimate of drug-likeness (QED) is 0.830. The highest BCUT2D eigenvalue weighted by atomic mass is 32.2. The van der Waals surface area contributed by atoms with Crippen LogP contribution in [-0.4, -0.2) is 43.9 Å². The second-order valence-electron chi connectivity index (χ2n) is 6.01. The molecule has 0 bridgehead atoms. The highest BCUT2D eigenvalue weighted by Crippen LogP contribution is 2.25. The fourth-order valence-electron chi connectivity index (χ4n) is 2.93. The van der Waals surface area contributed by atoms with Gasteiger partial charge in [0.15, 0.2) is 0 Å². The van der Waals surface area contributed by atoms with E-state index < -0.39 is 16.0 Å². The Morgan fingerprint density at radius 2 is 1.96 bits per heavy atom. The maximum absolute atomic E-state index is 12.8. The Bertz CT molecular complexity index is 993. The summed E-state index contributed by atoms with van der Waals surface area (Å²) in [5, 5.41) is 8.81. The predicted molar refractivity (Wildman–Crippen MR) is 91.5 cm³/mol. The number of aromatic carboxylic acids is 1. The number of rotatable bonds is 4. The van der Waals surface area contributed by atoms with Crippen LogP contribution in [-0.2, 0) is 23.0 Å². The van der Waals surface area contributed by atoms with Gasteiger partial charge < -0.3 is 14.4 Å². The molecule has 0 saturated heterocycles. The van der Waals surface area contributed by atoms with Gasteiger partial charge >= 0.3 is 5.97 Å². The van der Waals surface area contributed by atoms with Crippen LogP contribution in [0.3, 0.4) is 0 Å². The number of amides is 1. The van der Waals surface area contributed by atoms with E-state index in [0.717, 1.165) is 11.1 Å². The summed E-state index contributed by atoms with van der Waals surface area (Å²) in [6.07, 6.45) is 0.597. The zero-order valence-corrected chi connectivity index (χ0v) is 15.1. The summed E-state index contributed by atoms with van der Waals surface area (Å²) < 4.78 is 31.1. The van der Waals surface area contributed by atoms with E-state index in [1.807, 2.05) is 0 Å². The third kappa shape index (κ3) is 3.23. The van der Waals surface area contributed by atoms with Crippen molar-refractivity contribution in [1.82, 2.24) is 9.62 Å². The van der Waals surface area contributed by atoms with E-state index in [4.69, 9.17) is 9.52 Å². The van der Waals surface area contributed by atoms with E-state index in [1.54, 1.807) is 23.1 Å². The zero-order chi connectivity index (χ0) is 19.1. The number of carbonyl (C=O) groups excluding carboxylic acids is 1. The van der Waals surface area contributed by atoms with Crippen molar-refractivity contribution in [2.24, 2.45) is 0 Å². The van der Waals surface area contributed by atoms with Crippen molar-refractivity contribution in [3.8, 4) is 0 Å². The highest BCUT2D eigenvalue weighted by Gasteiger charge is 2.28. The van der Waals surface area contributed by atoms with Crippen molar-refractivity contribution in [3.05, 3.63) is 52.3 Å². The molecule has 0 unspecified atom stereocenters. The van der Waals surface area contributed by atoms with Crippen LogP contribution in [0.15, 0.2) is 33.8 Å². The third-order valence-corrected chi connectivity index (χ3v) is 5.68. The van der Waals surface area contributed by atoms with Gasteiger partial charge in [0.05, 0.1) is 11.1 Å². The molecule has 2 heterocycles. The number of sulfonamides is 1. The number of benzene rings is 1. The Morgan fingerprint density at radius 1 is 1.23 bits per heavy atom. The van der Waals surface area contributed by atoms with Crippen molar-refractivity contribution in [3.63, 3.8) is 0 Å². The highest BCUT2D eigenvalue weighted by molar-refractivity contribution is 7.89. The normalized spacial score (nSPS) is 14.2. The van der Waals surface area contributed by atoms with E-state index >= 15 is 0 Å². The number of aryl methyl sites for hydroxylation is 1. The second kappa shape index (κ2) is 6.58. The smallest absolute Gasteiger partial charge is 0.335 e. The van der Waals surface area contributed by atoms with Gasteiger partial charge in [-0.05, 0) is 43.7 Å². The Hall–Kier alpha value is -2.65. The minimum Gasteiger partial charge on any atom is -0.478 e. The predicted octanol–water partition coefficient (Wildman–Crippen LogP) is 1.39. The molecule has 2 aromatic rings. The zero-order valence-electron chi connectivity index (χ0n) is 14.3. The van der Waals surface area contributed by atoms with E-state index in [-0.39, 0.29) is 34.4 Å². The number of carboxylic acids is 1. The number of carbonyl (C=O) groups is 2. The number of furan rings is 1. The van der Waals surface area contributed by atoms with Crippen LogP contribution in [0.2, 0.25) is 0 Å². The summed E-state index contributed by atoms with van der Waals surface area (Å²) in [4.78, 5) is 25.5. The third-order valence-electron chi connectivity index (χ3n) is 4.41. The maximum atomic E-state index is 12.8. The molecule has 8 nitrogen and oxygen atoms in total. The number of carboxylic acid groups (broad SMARTS) is 1. The van der Waals surface area contributed by atoms with Crippen molar-refractivity contribution in [2.75, 3.05) is 13.6 Å². The van der Waals surface area contributed by atoms with Crippen LogP contribution in [0.25, 0.3) is 0 Å². The number of nitrogens with zero attached hydrogens (tertiary/aromatic N) is 1. The van der Waals surface area contributed by atoms with Gasteiger partial charge in [-0.2, -0.15) is 0 Å². The van der Waals surface area contributed by atoms with Gasteiger partial charge in [-0.3, -0.25) is 4.79 Å². The summed E-state index contributed by atoms with van der Waals surface area (Å²) >= 11 is 0. The molecule has 0 saturated carbocycles. The molecular formula is C17H18N2O6S. The Balaban J connectivity index is 1.88. The fourth-order valence-corrected chi connectivity index (χ4v) is 3.64. The lowest BCUT2D eigenvalue weighted by atomic mass is 9.97. The van der Waals surface area contributed by atoms with Gasteiger partial charge in [0.1, 0.15) is 5.76 Å². The standard InChI is InChI=1S/C17H18N2O6S/c1-10-14(8-15(25-10)26(23,24)18-2)16(20)19-6-5-11-3-4-12(17(21)22)7-13(11)9-19/h3-4,7-8,18H,5-6,9H2,1-2H3,(H,21,22). The van der Waals surface area contributed by atoms with Crippen LogP contribution >= 0.6 is 0 Å². The van der Waals surface area contributed by atoms with Gasteiger partial charge in [0, 0.05) is 19.2 Å². The molecular weight excluding hydrogens is 360 g/mol. The summed E-state index contributed by atoms with van der Waals surface area (Å²) in [6, 6.07) is 6.10. The first-order valence-electron chi connectivity index (χ1n) is 7.91. The number of hydrogen-bond acceptors (Lipinski definition) is 5. The van der Waals surface area contributed by atoms with Gasteiger partial charge in [0.25, 0.3) is 15.9 Å². The van der Waals surface area contributed by atoms with Gasteiger partial charge in [-0.15, -0.1) is 0 Å². The lowest BCUT2D eigenvalue weighted by molar-refractivity contribution is 0.0696. The summed E-state index contributed by atoms with van der Waals surface area (Å²) in [6.45, 7) is 2.24. The van der Waals surface area contributed by atoms with Crippen LogP contribution in [0.5, 0.6) is 0 Å². The van der Waals surface area contributed by atoms with Crippen LogP contribution < -0.4 is 4.72 Å². The van der Waals surface area contributed by atoms with E-state index in [2.05, 4.69) is 4.72 Å². The van der Waals surface area contributed by atoms with Crippen LogP contribution in [0.1, 0.15) is 37.6 Å².